The number of ketones is 1. The molecule has 34 heavy (non-hydrogen) atoms. The van der Waals surface area contributed by atoms with Crippen LogP contribution >= 0.6 is 0 Å². The zero-order valence-electron chi connectivity index (χ0n) is 18.3. The largest absolute Gasteiger partial charge is 0.454 e. The summed E-state index contributed by atoms with van der Waals surface area (Å²) in [6, 6.07) is 19.6. The van der Waals surface area contributed by atoms with Gasteiger partial charge < -0.3 is 29.6 Å². The van der Waals surface area contributed by atoms with Crippen molar-refractivity contribution >= 4 is 17.2 Å². The minimum absolute atomic E-state index is 0.0518. The van der Waals surface area contributed by atoms with Crippen molar-refractivity contribution in [3.63, 3.8) is 0 Å². The number of carbonyl (C=O) groups excluding carboxylic acids is 1. The lowest BCUT2D eigenvalue weighted by Crippen LogP contribution is -2.26. The molecular formula is C27H22N2O5. The zero-order valence-corrected chi connectivity index (χ0v) is 18.3. The molecule has 0 amide bonds. The first kappa shape index (κ1) is 19.3. The Kier molecular flexibility index (Phi) is 4.24. The number of allylic oxidation sites excluding steroid dienone is 1. The molecule has 7 nitrogen and oxygen atoms in total. The van der Waals surface area contributed by atoms with E-state index in [4.69, 9.17) is 18.9 Å². The number of fused-ring (bicyclic) bond motifs is 3. The van der Waals surface area contributed by atoms with E-state index in [-0.39, 0.29) is 31.3 Å². The van der Waals surface area contributed by atoms with E-state index in [2.05, 4.69) is 10.6 Å². The van der Waals surface area contributed by atoms with E-state index in [1.165, 1.54) is 0 Å². The predicted molar refractivity (Wildman–Crippen MR) is 126 cm³/mol. The molecule has 170 valence electrons. The fourth-order valence-corrected chi connectivity index (χ4v) is 5.24. The topological polar surface area (TPSA) is 78.1 Å². The van der Waals surface area contributed by atoms with Gasteiger partial charge in [-0.05, 0) is 59.9 Å². The maximum absolute atomic E-state index is 13.7. The van der Waals surface area contributed by atoms with Gasteiger partial charge in [-0.3, -0.25) is 4.79 Å². The van der Waals surface area contributed by atoms with E-state index in [1.807, 2.05) is 60.7 Å². The van der Waals surface area contributed by atoms with Crippen molar-refractivity contribution in [2.24, 2.45) is 0 Å². The van der Waals surface area contributed by atoms with E-state index < -0.39 is 0 Å². The highest BCUT2D eigenvalue weighted by atomic mass is 16.7. The smallest absolute Gasteiger partial charge is 0.231 e. The van der Waals surface area contributed by atoms with Crippen LogP contribution in [0.3, 0.4) is 0 Å². The number of rotatable bonds is 2. The van der Waals surface area contributed by atoms with Gasteiger partial charge in [0.2, 0.25) is 13.6 Å². The molecule has 2 unspecified atom stereocenters. The normalized spacial score (nSPS) is 21.8. The maximum Gasteiger partial charge on any atom is 0.231 e. The fraction of sp³-hybridized carbons (Fsp3) is 0.222. The molecule has 2 atom stereocenters. The Labute approximate surface area is 196 Å². The first-order chi connectivity index (χ1) is 16.7. The second-order valence-electron chi connectivity index (χ2n) is 8.89. The van der Waals surface area contributed by atoms with Crippen molar-refractivity contribution in [3.05, 3.63) is 83.1 Å². The average Bonchev–Trinajstić information content (AvgIpc) is 3.48. The summed E-state index contributed by atoms with van der Waals surface area (Å²) >= 11 is 0. The molecule has 3 aromatic carbocycles. The summed E-state index contributed by atoms with van der Waals surface area (Å²) in [4.78, 5) is 13.7. The van der Waals surface area contributed by atoms with Crippen molar-refractivity contribution in [2.45, 2.75) is 24.8 Å². The van der Waals surface area contributed by atoms with E-state index >= 15 is 0 Å². The molecule has 0 saturated heterocycles. The van der Waals surface area contributed by atoms with Gasteiger partial charge in [0.25, 0.3) is 0 Å². The number of benzene rings is 3. The Hall–Kier alpha value is -4.13. The summed E-state index contributed by atoms with van der Waals surface area (Å²) in [5.41, 5.74) is 5.66. The van der Waals surface area contributed by atoms with Crippen LogP contribution in [-0.2, 0) is 4.79 Å². The average molecular weight is 454 g/mol. The Balaban J connectivity index is 1.31. The Bertz CT molecular complexity index is 1360. The van der Waals surface area contributed by atoms with Gasteiger partial charge in [-0.15, -0.1) is 0 Å². The molecule has 0 bridgehead atoms. The zero-order chi connectivity index (χ0) is 22.6. The van der Waals surface area contributed by atoms with Gasteiger partial charge in [-0.2, -0.15) is 0 Å². The van der Waals surface area contributed by atoms with Crippen LogP contribution in [0.5, 0.6) is 23.0 Å². The Morgan fingerprint density at radius 1 is 0.706 bits per heavy atom. The molecule has 3 heterocycles. The number of para-hydroxylation sites is 2. The quantitative estimate of drug-likeness (QED) is 0.556. The summed E-state index contributed by atoms with van der Waals surface area (Å²) in [6.45, 7) is 0.449. The van der Waals surface area contributed by atoms with Gasteiger partial charge in [0.05, 0.1) is 17.4 Å². The van der Waals surface area contributed by atoms with Crippen LogP contribution in [0, 0.1) is 0 Å². The molecule has 0 saturated carbocycles. The minimum Gasteiger partial charge on any atom is -0.454 e. The lowest BCUT2D eigenvalue weighted by molar-refractivity contribution is -0.116. The van der Waals surface area contributed by atoms with E-state index in [9.17, 15) is 4.79 Å². The molecular weight excluding hydrogens is 432 g/mol. The number of hydrogen-bond acceptors (Lipinski definition) is 7. The molecule has 1 aliphatic carbocycles. The molecule has 3 aliphatic heterocycles. The van der Waals surface area contributed by atoms with Crippen molar-refractivity contribution in [1.29, 1.82) is 0 Å². The Morgan fingerprint density at radius 3 is 2.12 bits per heavy atom. The number of Topliss-reactive ketones (excluding diaryl/α,β-unsaturated/α-hetero) is 1. The molecule has 3 aromatic rings. The summed E-state index contributed by atoms with van der Waals surface area (Å²) in [7, 11) is 0. The molecule has 7 rings (SSSR count). The first-order valence-corrected chi connectivity index (χ1v) is 11.4. The van der Waals surface area contributed by atoms with Crippen LogP contribution in [0.15, 0.2) is 71.9 Å². The van der Waals surface area contributed by atoms with Crippen LogP contribution in [-0.4, -0.2) is 19.4 Å². The number of carbonyl (C=O) groups is 1. The summed E-state index contributed by atoms with van der Waals surface area (Å²) in [5, 5.41) is 7.19. The molecule has 0 aromatic heterocycles. The summed E-state index contributed by atoms with van der Waals surface area (Å²) in [5.74, 6) is 3.09. The Morgan fingerprint density at radius 2 is 1.35 bits per heavy atom. The highest BCUT2D eigenvalue weighted by molar-refractivity contribution is 6.01. The first-order valence-electron chi connectivity index (χ1n) is 11.4. The van der Waals surface area contributed by atoms with Crippen LogP contribution < -0.4 is 29.6 Å². The highest BCUT2D eigenvalue weighted by Crippen LogP contribution is 2.46. The van der Waals surface area contributed by atoms with Gasteiger partial charge in [-0.25, -0.2) is 0 Å². The lowest BCUT2D eigenvalue weighted by Gasteiger charge is -2.30. The van der Waals surface area contributed by atoms with E-state index in [1.54, 1.807) is 0 Å². The van der Waals surface area contributed by atoms with Crippen molar-refractivity contribution in [2.75, 3.05) is 24.2 Å². The van der Waals surface area contributed by atoms with E-state index in [0.717, 1.165) is 57.4 Å². The standard InChI is InChI=1S/C27H22N2O5/c30-21-10-17(15-5-7-22-24(11-15)33-13-31-22)9-20-26(21)27(29-19-4-2-1-3-18(19)28-20)16-6-8-23-25(12-16)34-14-32-23/h1-8,11-12,17,27-29H,9-10,13-14H2. The third-order valence-corrected chi connectivity index (χ3v) is 6.91. The van der Waals surface area contributed by atoms with Crippen LogP contribution in [0.2, 0.25) is 0 Å². The maximum atomic E-state index is 13.7. The summed E-state index contributed by atoms with van der Waals surface area (Å²) in [6.07, 6.45) is 1.15. The van der Waals surface area contributed by atoms with Crippen LogP contribution in [0.1, 0.15) is 35.9 Å². The number of ether oxygens (including phenoxy) is 4. The van der Waals surface area contributed by atoms with Gasteiger partial charge >= 0.3 is 0 Å². The third kappa shape index (κ3) is 3.08. The number of anilines is 2. The number of hydrogen-bond donors (Lipinski definition) is 2. The molecule has 2 N–H and O–H groups in total. The van der Waals surface area contributed by atoms with Gasteiger partial charge in [0.1, 0.15) is 0 Å². The van der Waals surface area contributed by atoms with Gasteiger partial charge in [-0.1, -0.05) is 24.3 Å². The van der Waals surface area contributed by atoms with Crippen molar-refractivity contribution < 1.29 is 23.7 Å². The second-order valence-corrected chi connectivity index (χ2v) is 8.89. The number of nitrogens with one attached hydrogen (secondary N) is 2. The molecule has 0 radical (unpaired) electrons. The van der Waals surface area contributed by atoms with Gasteiger partial charge in [0.15, 0.2) is 28.8 Å². The third-order valence-electron chi connectivity index (χ3n) is 6.91. The van der Waals surface area contributed by atoms with Crippen molar-refractivity contribution in [3.8, 4) is 23.0 Å². The molecule has 0 spiro atoms. The van der Waals surface area contributed by atoms with E-state index in [0.29, 0.717) is 12.2 Å². The summed E-state index contributed by atoms with van der Waals surface area (Å²) < 4.78 is 22.1. The lowest BCUT2D eigenvalue weighted by atomic mass is 9.78. The highest BCUT2D eigenvalue weighted by Gasteiger charge is 2.37. The molecule has 4 aliphatic rings. The molecule has 7 heteroatoms. The minimum atomic E-state index is -0.300. The van der Waals surface area contributed by atoms with Crippen LogP contribution in [0.25, 0.3) is 0 Å². The predicted octanol–water partition coefficient (Wildman–Crippen LogP) is 5.12. The van der Waals surface area contributed by atoms with Crippen molar-refractivity contribution in [1.82, 2.24) is 0 Å². The fourth-order valence-electron chi connectivity index (χ4n) is 5.24. The van der Waals surface area contributed by atoms with Crippen LogP contribution in [0.4, 0.5) is 11.4 Å². The van der Waals surface area contributed by atoms with Gasteiger partial charge in [0, 0.05) is 17.7 Å². The SMILES string of the molecule is O=C1CC(c2ccc3c(c2)OCO3)CC2=C1C(c1ccc3c(c1)OCO3)Nc1ccccc1N2. The second kappa shape index (κ2) is 7.45. The molecule has 0 fully saturated rings. The monoisotopic (exact) mass is 454 g/mol.